The highest BCUT2D eigenvalue weighted by molar-refractivity contribution is 5.96. The van der Waals surface area contributed by atoms with E-state index in [2.05, 4.69) is 10.9 Å². The molecule has 29 heavy (non-hydrogen) atoms. The monoisotopic (exact) mass is 394 g/mol. The molecule has 0 aliphatic carbocycles. The Morgan fingerprint density at radius 2 is 1.86 bits per heavy atom. The molecule has 9 nitrogen and oxygen atoms in total. The first-order chi connectivity index (χ1) is 13.9. The molecule has 0 saturated heterocycles. The van der Waals surface area contributed by atoms with Crippen LogP contribution in [0.3, 0.4) is 0 Å². The summed E-state index contributed by atoms with van der Waals surface area (Å²) in [4.78, 5) is 48.2. The average Bonchev–Trinajstić information content (AvgIpc) is 2.72. The number of hydrogen-bond acceptors (Lipinski definition) is 5. The molecule has 0 saturated carbocycles. The fourth-order valence-corrected chi connectivity index (χ4v) is 3.10. The van der Waals surface area contributed by atoms with E-state index in [-0.39, 0.29) is 23.6 Å². The van der Waals surface area contributed by atoms with Crippen molar-refractivity contribution in [3.05, 3.63) is 81.5 Å². The Kier molecular flexibility index (Phi) is 5.68. The number of nitrogens with zero attached hydrogens (tertiary/aromatic N) is 2. The van der Waals surface area contributed by atoms with Crippen LogP contribution in [-0.2, 0) is 9.59 Å². The summed E-state index contributed by atoms with van der Waals surface area (Å²) in [5.74, 6) is -1.41. The van der Waals surface area contributed by atoms with Gasteiger partial charge in [-0.25, -0.2) is 0 Å². The van der Waals surface area contributed by atoms with Crippen molar-refractivity contribution in [1.29, 1.82) is 0 Å². The van der Waals surface area contributed by atoms with Crippen molar-refractivity contribution in [2.24, 2.45) is 0 Å². The molecule has 0 spiro atoms. The van der Waals surface area contributed by atoms with Gasteiger partial charge in [0.1, 0.15) is 0 Å². The van der Waals surface area contributed by atoms with Crippen LogP contribution in [0.4, 0.5) is 5.69 Å². The largest absolute Gasteiger partial charge is 0.311 e. The Bertz CT molecular complexity index is 1020. The van der Waals surface area contributed by atoms with Gasteiger partial charge in [0.2, 0.25) is 11.8 Å². The van der Waals surface area contributed by atoms with Crippen molar-refractivity contribution in [3.63, 3.8) is 0 Å². The molecule has 2 aromatic carbocycles. The number of hydrazine groups is 1. The molecule has 3 rings (SSSR count). The van der Waals surface area contributed by atoms with Crippen LogP contribution < -0.4 is 10.9 Å². The zero-order valence-electron chi connectivity index (χ0n) is 15.5. The molecule has 0 unspecified atom stereocenters. The number of fused-ring (bicyclic) bond motifs is 1. The lowest BCUT2D eigenvalue weighted by molar-refractivity contribution is -0.384. The van der Waals surface area contributed by atoms with E-state index in [0.717, 1.165) is 17.2 Å². The summed E-state index contributed by atoms with van der Waals surface area (Å²) in [7, 11) is 0. The fourth-order valence-electron chi connectivity index (χ4n) is 3.10. The first-order valence-electron chi connectivity index (χ1n) is 8.76. The van der Waals surface area contributed by atoms with Crippen LogP contribution in [0.2, 0.25) is 0 Å². The van der Waals surface area contributed by atoms with Crippen molar-refractivity contribution >= 4 is 29.5 Å². The van der Waals surface area contributed by atoms with Gasteiger partial charge in [0.25, 0.3) is 11.6 Å². The summed E-state index contributed by atoms with van der Waals surface area (Å²) < 4.78 is 0. The number of amides is 3. The minimum atomic E-state index is -0.686. The molecule has 0 aromatic heterocycles. The molecule has 1 heterocycles. The number of rotatable bonds is 4. The van der Waals surface area contributed by atoms with Gasteiger partial charge in [-0.2, -0.15) is 0 Å². The van der Waals surface area contributed by atoms with Crippen LogP contribution in [0.15, 0.2) is 54.7 Å². The fraction of sp³-hybridized carbons (Fsp3) is 0.150. The molecule has 1 aliphatic rings. The van der Waals surface area contributed by atoms with Crippen LogP contribution in [0.5, 0.6) is 0 Å². The molecule has 2 N–H and O–H groups in total. The van der Waals surface area contributed by atoms with Gasteiger partial charge in [0.05, 0.1) is 17.4 Å². The number of non-ortho nitro benzene ring substituents is 1. The maximum atomic E-state index is 12.4. The highest BCUT2D eigenvalue weighted by Gasteiger charge is 2.28. The molecule has 1 atom stereocenters. The predicted octanol–water partition coefficient (Wildman–Crippen LogP) is 2.32. The zero-order valence-corrected chi connectivity index (χ0v) is 15.5. The summed E-state index contributed by atoms with van der Waals surface area (Å²) in [5.41, 5.74) is 6.07. The summed E-state index contributed by atoms with van der Waals surface area (Å²) in [6.07, 6.45) is 3.36. The summed E-state index contributed by atoms with van der Waals surface area (Å²) in [6, 6.07) is 12.1. The van der Waals surface area contributed by atoms with Gasteiger partial charge in [0, 0.05) is 30.8 Å². The number of hydrogen-bond donors (Lipinski definition) is 2. The summed E-state index contributed by atoms with van der Waals surface area (Å²) >= 11 is 0. The van der Waals surface area contributed by atoms with E-state index in [4.69, 9.17) is 0 Å². The van der Waals surface area contributed by atoms with E-state index in [0.29, 0.717) is 0 Å². The lowest BCUT2D eigenvalue weighted by atomic mass is 9.93. The van der Waals surface area contributed by atoms with E-state index in [1.54, 1.807) is 12.3 Å². The molecular formula is C20H18N4O5. The normalized spacial score (nSPS) is 14.7. The molecule has 9 heteroatoms. The van der Waals surface area contributed by atoms with Crippen LogP contribution >= 0.6 is 0 Å². The van der Waals surface area contributed by atoms with Crippen LogP contribution in [-0.4, -0.2) is 27.5 Å². The van der Waals surface area contributed by atoms with Crippen LogP contribution in [0.1, 0.15) is 40.9 Å². The van der Waals surface area contributed by atoms with Crippen molar-refractivity contribution in [3.8, 4) is 0 Å². The Hall–Kier alpha value is -4.01. The SMILES string of the molecule is CC(=O)N1C=Cc2ccccc2[C@@H]1CC(=O)NNC(=O)c1cccc([N+](=O)[O-])c1. The highest BCUT2D eigenvalue weighted by atomic mass is 16.6. The molecule has 148 valence electrons. The Labute approximate surface area is 166 Å². The second-order valence-electron chi connectivity index (χ2n) is 6.40. The molecule has 0 radical (unpaired) electrons. The molecule has 0 fully saturated rings. The summed E-state index contributed by atoms with van der Waals surface area (Å²) in [5, 5.41) is 10.8. The Morgan fingerprint density at radius 3 is 2.59 bits per heavy atom. The van der Waals surface area contributed by atoms with Gasteiger partial charge >= 0.3 is 0 Å². The molecule has 2 aromatic rings. The van der Waals surface area contributed by atoms with Crippen LogP contribution in [0, 0.1) is 10.1 Å². The number of benzene rings is 2. The van der Waals surface area contributed by atoms with Gasteiger partial charge in [0.15, 0.2) is 0 Å². The highest BCUT2D eigenvalue weighted by Crippen LogP contribution is 2.32. The Balaban J connectivity index is 1.67. The van der Waals surface area contributed by atoms with Crippen molar-refractivity contribution in [2.75, 3.05) is 0 Å². The maximum absolute atomic E-state index is 12.4. The number of nitro groups is 1. The van der Waals surface area contributed by atoms with E-state index in [1.807, 2.05) is 24.3 Å². The zero-order chi connectivity index (χ0) is 21.0. The number of carbonyl (C=O) groups excluding carboxylic acids is 3. The van der Waals surface area contributed by atoms with Crippen LogP contribution in [0.25, 0.3) is 6.08 Å². The average molecular weight is 394 g/mol. The lowest BCUT2D eigenvalue weighted by Gasteiger charge is -2.32. The number of nitrogens with one attached hydrogen (secondary N) is 2. The van der Waals surface area contributed by atoms with E-state index in [1.165, 1.54) is 30.0 Å². The van der Waals surface area contributed by atoms with E-state index < -0.39 is 22.8 Å². The second-order valence-corrected chi connectivity index (χ2v) is 6.40. The third-order valence-electron chi connectivity index (χ3n) is 4.48. The van der Waals surface area contributed by atoms with Crippen molar-refractivity contribution in [1.82, 2.24) is 15.8 Å². The van der Waals surface area contributed by atoms with Gasteiger partial charge < -0.3 is 4.90 Å². The lowest BCUT2D eigenvalue weighted by Crippen LogP contribution is -2.43. The molecule has 1 aliphatic heterocycles. The van der Waals surface area contributed by atoms with E-state index >= 15 is 0 Å². The van der Waals surface area contributed by atoms with Gasteiger partial charge in [-0.3, -0.25) is 35.3 Å². The van der Waals surface area contributed by atoms with E-state index in [9.17, 15) is 24.5 Å². The van der Waals surface area contributed by atoms with Gasteiger partial charge in [-0.1, -0.05) is 30.3 Å². The third-order valence-corrected chi connectivity index (χ3v) is 4.48. The predicted molar refractivity (Wildman–Crippen MR) is 104 cm³/mol. The van der Waals surface area contributed by atoms with Gasteiger partial charge in [-0.15, -0.1) is 0 Å². The maximum Gasteiger partial charge on any atom is 0.270 e. The minimum Gasteiger partial charge on any atom is -0.311 e. The quantitative estimate of drug-likeness (QED) is 0.609. The second kappa shape index (κ2) is 8.34. The number of carbonyl (C=O) groups is 3. The Morgan fingerprint density at radius 1 is 1.10 bits per heavy atom. The standard InChI is InChI=1S/C20H18N4O5/c1-13(25)23-10-9-14-5-2-3-8-17(14)18(23)12-19(26)21-22-20(27)15-6-4-7-16(11-15)24(28)29/h2-11,18H,12H2,1H3,(H,21,26)(H,22,27)/t18-/m0/s1. The minimum absolute atomic E-state index is 0.0378. The van der Waals surface area contributed by atoms with Crippen molar-refractivity contribution < 1.29 is 19.3 Å². The first kappa shape index (κ1) is 19.7. The molecule has 0 bridgehead atoms. The summed E-state index contributed by atoms with van der Waals surface area (Å²) in [6.45, 7) is 1.41. The molecular weight excluding hydrogens is 376 g/mol. The smallest absolute Gasteiger partial charge is 0.270 e. The first-order valence-corrected chi connectivity index (χ1v) is 8.76. The molecule has 3 amide bonds. The van der Waals surface area contributed by atoms with Crippen molar-refractivity contribution in [2.45, 2.75) is 19.4 Å². The number of nitro benzene ring substituents is 1. The topological polar surface area (TPSA) is 122 Å². The van der Waals surface area contributed by atoms with Gasteiger partial charge in [-0.05, 0) is 23.3 Å². The third kappa shape index (κ3) is 4.46.